The van der Waals surface area contributed by atoms with Crippen molar-refractivity contribution in [3.05, 3.63) is 11.6 Å². The molecule has 3 unspecified atom stereocenters. The molecule has 0 radical (unpaired) electrons. The summed E-state index contributed by atoms with van der Waals surface area (Å²) in [4.78, 5) is 24.9. The van der Waals surface area contributed by atoms with Crippen molar-refractivity contribution < 1.29 is 9.59 Å². The third-order valence-electron chi connectivity index (χ3n) is 8.72. The Hall–Kier alpha value is -0.920. The summed E-state index contributed by atoms with van der Waals surface area (Å²) in [6, 6.07) is 0. The number of rotatable bonds is 2. The fourth-order valence-electron chi connectivity index (χ4n) is 7.45. The van der Waals surface area contributed by atoms with Crippen LogP contribution in [0.2, 0.25) is 0 Å². The summed E-state index contributed by atoms with van der Waals surface area (Å²) in [5.41, 5.74) is 1.64. The number of hydrogen-bond donors (Lipinski definition) is 0. The van der Waals surface area contributed by atoms with E-state index in [-0.39, 0.29) is 10.8 Å². The second kappa shape index (κ2) is 5.54. The van der Waals surface area contributed by atoms with Gasteiger partial charge in [-0.15, -0.1) is 0 Å². The van der Waals surface area contributed by atoms with Gasteiger partial charge in [0.25, 0.3) is 0 Å². The molecule has 0 spiro atoms. The smallest absolute Gasteiger partial charge is 0.155 e. The van der Waals surface area contributed by atoms with Crippen LogP contribution >= 0.6 is 0 Å². The lowest BCUT2D eigenvalue weighted by Gasteiger charge is -2.58. The largest absolute Gasteiger partial charge is 0.299 e. The first-order valence-corrected chi connectivity index (χ1v) is 10.2. The molecule has 132 valence electrons. The molecular weight excluding hydrogens is 296 g/mol. The predicted octanol–water partition coefficient (Wildman–Crippen LogP) is 5.11. The molecule has 0 saturated heterocycles. The first-order chi connectivity index (χ1) is 11.4. The lowest BCUT2D eigenvalue weighted by molar-refractivity contribution is -0.143. The van der Waals surface area contributed by atoms with Crippen molar-refractivity contribution in [2.45, 2.75) is 78.6 Å². The van der Waals surface area contributed by atoms with Gasteiger partial charge in [-0.25, -0.2) is 0 Å². The van der Waals surface area contributed by atoms with Gasteiger partial charge in [0.15, 0.2) is 5.78 Å². The summed E-state index contributed by atoms with van der Waals surface area (Å²) in [5.74, 6) is 3.44. The maximum atomic E-state index is 13.0. The molecule has 2 heteroatoms. The molecule has 3 saturated carbocycles. The quantitative estimate of drug-likeness (QED) is 0.705. The molecule has 4 aliphatic carbocycles. The van der Waals surface area contributed by atoms with Crippen molar-refractivity contribution in [2.75, 3.05) is 0 Å². The topological polar surface area (TPSA) is 34.1 Å². The minimum absolute atomic E-state index is 0.0159. The minimum Gasteiger partial charge on any atom is -0.299 e. The van der Waals surface area contributed by atoms with Gasteiger partial charge in [0.1, 0.15) is 5.78 Å². The lowest BCUT2D eigenvalue weighted by atomic mass is 9.46. The Morgan fingerprint density at radius 1 is 1.12 bits per heavy atom. The Bertz CT molecular complexity index is 603. The van der Waals surface area contributed by atoms with Crippen LogP contribution in [0.15, 0.2) is 11.6 Å². The maximum absolute atomic E-state index is 13.0. The Morgan fingerprint density at radius 3 is 2.67 bits per heavy atom. The molecule has 6 atom stereocenters. The van der Waals surface area contributed by atoms with Crippen LogP contribution in [0.4, 0.5) is 0 Å². The van der Waals surface area contributed by atoms with Gasteiger partial charge in [-0.1, -0.05) is 26.3 Å². The minimum atomic E-state index is -0.0159. The van der Waals surface area contributed by atoms with Gasteiger partial charge in [0.2, 0.25) is 0 Å². The van der Waals surface area contributed by atoms with Crippen molar-refractivity contribution in [1.29, 1.82) is 0 Å². The number of fused-ring (bicyclic) bond motifs is 5. The second-order valence-electron chi connectivity index (χ2n) is 9.30. The van der Waals surface area contributed by atoms with E-state index >= 15 is 0 Å². The van der Waals surface area contributed by atoms with Gasteiger partial charge in [-0.05, 0) is 80.1 Å². The summed E-state index contributed by atoms with van der Waals surface area (Å²) < 4.78 is 0. The SMILES string of the molecule is CCC(=O)[C@@]12CCC3C(CCC4=CC(=O)CC[C@@]43C)C1CC[C@@H]2C. The molecule has 0 aromatic heterocycles. The number of hydrogen-bond acceptors (Lipinski definition) is 2. The summed E-state index contributed by atoms with van der Waals surface area (Å²) in [7, 11) is 0. The van der Waals surface area contributed by atoms with Crippen LogP contribution in [0, 0.1) is 34.5 Å². The molecule has 2 nitrogen and oxygen atoms in total. The van der Waals surface area contributed by atoms with Crippen LogP contribution < -0.4 is 0 Å². The van der Waals surface area contributed by atoms with E-state index in [2.05, 4.69) is 20.8 Å². The Balaban J connectivity index is 1.71. The van der Waals surface area contributed by atoms with E-state index in [1.165, 1.54) is 31.3 Å². The van der Waals surface area contributed by atoms with E-state index in [0.717, 1.165) is 25.7 Å². The third kappa shape index (κ3) is 2.01. The first-order valence-electron chi connectivity index (χ1n) is 10.2. The van der Waals surface area contributed by atoms with Crippen LogP contribution in [0.3, 0.4) is 0 Å². The van der Waals surface area contributed by atoms with E-state index in [1.54, 1.807) is 0 Å². The number of ketones is 2. The molecule has 4 rings (SSSR count). The zero-order chi connectivity index (χ0) is 17.1. The van der Waals surface area contributed by atoms with E-state index in [0.29, 0.717) is 41.7 Å². The molecule has 0 aromatic carbocycles. The highest BCUT2D eigenvalue weighted by molar-refractivity contribution is 5.91. The normalized spacial score (nSPS) is 47.5. The zero-order valence-electron chi connectivity index (χ0n) is 15.6. The summed E-state index contributed by atoms with van der Waals surface area (Å²) in [6.07, 6.45) is 11.5. The lowest BCUT2D eigenvalue weighted by Crippen LogP contribution is -2.53. The molecule has 0 bridgehead atoms. The van der Waals surface area contributed by atoms with E-state index in [1.807, 2.05) is 6.08 Å². The van der Waals surface area contributed by atoms with Crippen LogP contribution in [0.1, 0.15) is 78.6 Å². The monoisotopic (exact) mass is 328 g/mol. The average molecular weight is 328 g/mol. The van der Waals surface area contributed by atoms with Crippen LogP contribution in [0.5, 0.6) is 0 Å². The van der Waals surface area contributed by atoms with Crippen molar-refractivity contribution in [1.82, 2.24) is 0 Å². The summed E-state index contributed by atoms with van der Waals surface area (Å²) in [6.45, 7) is 6.82. The van der Waals surface area contributed by atoms with Gasteiger partial charge in [0.05, 0.1) is 0 Å². The summed E-state index contributed by atoms with van der Waals surface area (Å²) >= 11 is 0. The van der Waals surface area contributed by atoms with Crippen LogP contribution in [0.25, 0.3) is 0 Å². The first kappa shape index (κ1) is 16.5. The Labute approximate surface area is 146 Å². The number of carbonyl (C=O) groups is 2. The summed E-state index contributed by atoms with van der Waals surface area (Å²) in [5, 5.41) is 0. The average Bonchev–Trinajstić information content (AvgIpc) is 2.93. The molecule has 3 fully saturated rings. The van der Waals surface area contributed by atoms with Crippen LogP contribution in [-0.2, 0) is 9.59 Å². The van der Waals surface area contributed by atoms with Gasteiger partial charge in [-0.3, -0.25) is 9.59 Å². The Kier molecular flexibility index (Phi) is 3.82. The van der Waals surface area contributed by atoms with E-state index in [9.17, 15) is 9.59 Å². The maximum Gasteiger partial charge on any atom is 0.155 e. The van der Waals surface area contributed by atoms with Crippen molar-refractivity contribution in [3.63, 3.8) is 0 Å². The molecule has 0 amide bonds. The molecule has 24 heavy (non-hydrogen) atoms. The second-order valence-corrected chi connectivity index (χ2v) is 9.30. The molecule has 4 aliphatic rings. The fraction of sp³-hybridized carbons (Fsp3) is 0.818. The van der Waals surface area contributed by atoms with Gasteiger partial charge in [0, 0.05) is 18.3 Å². The Morgan fingerprint density at radius 2 is 1.92 bits per heavy atom. The number of carbonyl (C=O) groups excluding carboxylic acids is 2. The highest BCUT2D eigenvalue weighted by Gasteiger charge is 2.61. The van der Waals surface area contributed by atoms with Crippen molar-refractivity contribution in [2.24, 2.45) is 34.5 Å². The van der Waals surface area contributed by atoms with Gasteiger partial charge in [-0.2, -0.15) is 0 Å². The number of Topliss-reactive ketones (excluding diaryl/α,β-unsaturated/α-hetero) is 1. The van der Waals surface area contributed by atoms with E-state index < -0.39 is 0 Å². The third-order valence-corrected chi connectivity index (χ3v) is 8.72. The molecular formula is C22H32O2. The van der Waals surface area contributed by atoms with Crippen LogP contribution in [-0.4, -0.2) is 11.6 Å². The highest BCUT2D eigenvalue weighted by Crippen LogP contribution is 2.67. The molecule has 0 aromatic rings. The molecule has 0 aliphatic heterocycles. The predicted molar refractivity (Wildman–Crippen MR) is 95.5 cm³/mol. The highest BCUT2D eigenvalue weighted by atomic mass is 16.1. The van der Waals surface area contributed by atoms with Crippen molar-refractivity contribution in [3.8, 4) is 0 Å². The van der Waals surface area contributed by atoms with Crippen molar-refractivity contribution >= 4 is 11.6 Å². The van der Waals surface area contributed by atoms with E-state index in [4.69, 9.17) is 0 Å². The fourth-order valence-corrected chi connectivity index (χ4v) is 7.45. The number of allylic oxidation sites excluding steroid dienone is 1. The zero-order valence-corrected chi connectivity index (χ0v) is 15.6. The van der Waals surface area contributed by atoms with Gasteiger partial charge < -0.3 is 0 Å². The molecule has 0 heterocycles. The molecule has 0 N–H and O–H groups in total. The standard InChI is InChI=1S/C22H32O2/c1-4-20(24)22-12-10-18-17(19(22)8-5-14(22)2)7-6-15-13-16(23)9-11-21(15,18)3/h13-14,17-19H,4-12H2,1-3H3/t14-,17?,18?,19?,21-,22+/m0/s1. The van der Waals surface area contributed by atoms with Gasteiger partial charge >= 0.3 is 0 Å².